The van der Waals surface area contributed by atoms with E-state index in [9.17, 15) is 14.9 Å². The summed E-state index contributed by atoms with van der Waals surface area (Å²) in [6, 6.07) is -0.440. The van der Waals surface area contributed by atoms with Gasteiger partial charge < -0.3 is 4.74 Å². The van der Waals surface area contributed by atoms with Crippen molar-refractivity contribution >= 4 is 5.97 Å². The molecule has 0 amide bonds. The van der Waals surface area contributed by atoms with Crippen molar-refractivity contribution in [2.75, 3.05) is 0 Å². The lowest BCUT2D eigenvalue weighted by Gasteiger charge is -2.29. The van der Waals surface area contributed by atoms with Crippen LogP contribution in [0, 0.1) is 22.0 Å². The Labute approximate surface area is 126 Å². The Bertz CT molecular complexity index is 355. The molecule has 2 rings (SSSR count). The lowest BCUT2D eigenvalue weighted by Crippen LogP contribution is -2.33. The van der Waals surface area contributed by atoms with Crippen LogP contribution in [0.3, 0.4) is 0 Å². The predicted octanol–water partition coefficient (Wildman–Crippen LogP) is 3.72. The summed E-state index contributed by atoms with van der Waals surface area (Å²) in [5, 5.41) is 10.7. The summed E-state index contributed by atoms with van der Waals surface area (Å²) in [6.45, 7) is 2.21. The summed E-state index contributed by atoms with van der Waals surface area (Å²) in [5.41, 5.74) is 0. The molecular weight excluding hydrogens is 270 g/mol. The van der Waals surface area contributed by atoms with E-state index in [1.54, 1.807) is 0 Å². The number of hydrogen-bond donors (Lipinski definition) is 0. The summed E-state index contributed by atoms with van der Waals surface area (Å²) in [4.78, 5) is 22.7. The van der Waals surface area contributed by atoms with Crippen molar-refractivity contribution in [3.8, 4) is 0 Å². The molecule has 2 aliphatic rings. The van der Waals surface area contributed by atoms with Crippen LogP contribution < -0.4 is 0 Å². The largest absolute Gasteiger partial charge is 0.462 e. The Kier molecular flexibility index (Phi) is 6.00. The molecule has 2 saturated carbocycles. The second-order valence-corrected chi connectivity index (χ2v) is 6.66. The van der Waals surface area contributed by atoms with Crippen LogP contribution in [0.25, 0.3) is 0 Å². The highest BCUT2D eigenvalue weighted by Gasteiger charge is 2.33. The van der Waals surface area contributed by atoms with Gasteiger partial charge in [0.1, 0.15) is 6.10 Å². The Hall–Kier alpha value is -1.13. The number of ether oxygens (including phenoxy) is 1. The Morgan fingerprint density at radius 2 is 1.71 bits per heavy atom. The maximum absolute atomic E-state index is 12.2. The predicted molar refractivity (Wildman–Crippen MR) is 79.5 cm³/mol. The highest BCUT2D eigenvalue weighted by atomic mass is 16.6. The van der Waals surface area contributed by atoms with Gasteiger partial charge in [0.2, 0.25) is 6.04 Å². The van der Waals surface area contributed by atoms with E-state index in [-0.39, 0.29) is 22.9 Å². The number of nitro groups is 1. The fraction of sp³-hybridized carbons (Fsp3) is 0.938. The van der Waals surface area contributed by atoms with E-state index in [4.69, 9.17) is 4.74 Å². The molecule has 0 aromatic heterocycles. The number of hydrogen-bond acceptors (Lipinski definition) is 4. The van der Waals surface area contributed by atoms with Crippen LogP contribution in [0.5, 0.6) is 0 Å². The lowest BCUT2D eigenvalue weighted by atomic mass is 9.80. The second kappa shape index (κ2) is 7.76. The van der Waals surface area contributed by atoms with Gasteiger partial charge in [-0.3, -0.25) is 14.9 Å². The van der Waals surface area contributed by atoms with Crippen LogP contribution in [0.15, 0.2) is 0 Å². The SMILES string of the molecule is CCCC1CCC(C(=O)OC2CCC([N+](=O)[O-])CC2)CC1. The molecule has 5 nitrogen and oxygen atoms in total. The number of esters is 1. The summed E-state index contributed by atoms with van der Waals surface area (Å²) in [6.07, 6.45) is 8.94. The molecule has 0 spiro atoms. The first kappa shape index (κ1) is 16.2. The Morgan fingerprint density at radius 1 is 1.10 bits per heavy atom. The number of carbonyl (C=O) groups is 1. The molecule has 0 unspecified atom stereocenters. The monoisotopic (exact) mass is 297 g/mol. The molecule has 0 atom stereocenters. The third-order valence-electron chi connectivity index (χ3n) is 5.10. The van der Waals surface area contributed by atoms with Crippen LogP contribution in [0.4, 0.5) is 0 Å². The van der Waals surface area contributed by atoms with Crippen LogP contribution in [-0.2, 0) is 9.53 Å². The molecule has 0 saturated heterocycles. The van der Waals surface area contributed by atoms with Gasteiger partial charge in [-0.25, -0.2) is 0 Å². The van der Waals surface area contributed by atoms with Crippen molar-refractivity contribution in [3.05, 3.63) is 10.1 Å². The van der Waals surface area contributed by atoms with Crippen LogP contribution in [0.2, 0.25) is 0 Å². The number of nitrogens with zero attached hydrogens (tertiary/aromatic N) is 1. The minimum Gasteiger partial charge on any atom is -0.462 e. The van der Waals surface area contributed by atoms with Crippen molar-refractivity contribution in [1.82, 2.24) is 0 Å². The molecule has 2 fully saturated rings. The van der Waals surface area contributed by atoms with Gasteiger partial charge in [-0.1, -0.05) is 19.8 Å². The smallest absolute Gasteiger partial charge is 0.309 e. The van der Waals surface area contributed by atoms with Gasteiger partial charge in [0.15, 0.2) is 0 Å². The fourth-order valence-electron chi connectivity index (χ4n) is 3.73. The van der Waals surface area contributed by atoms with Gasteiger partial charge in [0, 0.05) is 17.8 Å². The highest BCUT2D eigenvalue weighted by molar-refractivity contribution is 5.72. The number of rotatable bonds is 5. The molecule has 0 aromatic rings. The zero-order valence-corrected chi connectivity index (χ0v) is 13.0. The van der Waals surface area contributed by atoms with Crippen molar-refractivity contribution in [3.63, 3.8) is 0 Å². The normalized spacial score (nSPS) is 33.4. The molecular formula is C16H27NO4. The maximum Gasteiger partial charge on any atom is 0.309 e. The van der Waals surface area contributed by atoms with E-state index in [2.05, 4.69) is 6.92 Å². The molecule has 5 heteroatoms. The lowest BCUT2D eigenvalue weighted by molar-refractivity contribution is -0.527. The molecule has 0 N–H and O–H groups in total. The van der Waals surface area contributed by atoms with Gasteiger partial charge in [0.05, 0.1) is 5.92 Å². The van der Waals surface area contributed by atoms with Crippen LogP contribution in [0.1, 0.15) is 71.1 Å². The first-order valence-electron chi connectivity index (χ1n) is 8.44. The van der Waals surface area contributed by atoms with Crippen molar-refractivity contribution in [1.29, 1.82) is 0 Å². The maximum atomic E-state index is 12.2. The first-order chi connectivity index (χ1) is 10.1. The van der Waals surface area contributed by atoms with Crippen LogP contribution in [-0.4, -0.2) is 23.0 Å². The third kappa shape index (κ3) is 4.68. The third-order valence-corrected chi connectivity index (χ3v) is 5.10. The molecule has 0 heterocycles. The molecule has 120 valence electrons. The van der Waals surface area contributed by atoms with E-state index in [1.165, 1.54) is 12.8 Å². The van der Waals surface area contributed by atoms with E-state index in [1.807, 2.05) is 0 Å². The van der Waals surface area contributed by atoms with Gasteiger partial charge in [-0.15, -0.1) is 0 Å². The van der Waals surface area contributed by atoms with Crippen molar-refractivity contribution in [2.45, 2.75) is 83.3 Å². The molecule has 21 heavy (non-hydrogen) atoms. The fourth-order valence-corrected chi connectivity index (χ4v) is 3.73. The molecule has 0 radical (unpaired) electrons. The minimum atomic E-state index is -0.440. The summed E-state index contributed by atoms with van der Waals surface area (Å²) < 4.78 is 5.59. The van der Waals surface area contributed by atoms with Gasteiger partial charge >= 0.3 is 5.97 Å². The van der Waals surface area contributed by atoms with Gasteiger partial charge in [-0.05, 0) is 44.4 Å². The molecule has 0 aliphatic heterocycles. The molecule has 0 bridgehead atoms. The topological polar surface area (TPSA) is 69.4 Å². The van der Waals surface area contributed by atoms with Crippen molar-refractivity contribution < 1.29 is 14.5 Å². The number of carbonyl (C=O) groups excluding carboxylic acids is 1. The summed E-state index contributed by atoms with van der Waals surface area (Å²) in [5.74, 6) is 0.787. The Balaban J connectivity index is 1.70. The zero-order valence-electron chi connectivity index (χ0n) is 13.0. The van der Waals surface area contributed by atoms with E-state index < -0.39 is 6.04 Å². The van der Waals surface area contributed by atoms with Gasteiger partial charge in [0.25, 0.3) is 0 Å². The second-order valence-electron chi connectivity index (χ2n) is 6.66. The average molecular weight is 297 g/mol. The van der Waals surface area contributed by atoms with Crippen molar-refractivity contribution in [2.24, 2.45) is 11.8 Å². The van der Waals surface area contributed by atoms with E-state index in [0.29, 0.717) is 25.7 Å². The van der Waals surface area contributed by atoms with Gasteiger partial charge in [-0.2, -0.15) is 0 Å². The zero-order chi connectivity index (χ0) is 15.2. The van der Waals surface area contributed by atoms with Crippen LogP contribution >= 0.6 is 0 Å². The standard InChI is InChI=1S/C16H27NO4/c1-2-3-12-4-6-13(7-5-12)16(18)21-15-10-8-14(9-11-15)17(19)20/h12-15H,2-11H2,1H3. The molecule has 0 aromatic carbocycles. The first-order valence-corrected chi connectivity index (χ1v) is 8.44. The molecule has 2 aliphatic carbocycles. The summed E-state index contributed by atoms with van der Waals surface area (Å²) >= 11 is 0. The minimum absolute atomic E-state index is 0.0606. The highest BCUT2D eigenvalue weighted by Crippen LogP contribution is 2.33. The quantitative estimate of drug-likeness (QED) is 0.440. The summed E-state index contributed by atoms with van der Waals surface area (Å²) in [7, 11) is 0. The van der Waals surface area contributed by atoms with E-state index >= 15 is 0 Å². The van der Waals surface area contributed by atoms with E-state index in [0.717, 1.165) is 31.6 Å². The Morgan fingerprint density at radius 3 is 2.24 bits per heavy atom. The average Bonchev–Trinajstić information content (AvgIpc) is 2.49.